The van der Waals surface area contributed by atoms with Crippen molar-refractivity contribution in [3.05, 3.63) is 47.0 Å². The van der Waals surface area contributed by atoms with Gasteiger partial charge in [-0.1, -0.05) is 0 Å². The molecule has 0 radical (unpaired) electrons. The largest absolute Gasteiger partial charge is 0.478 e. The van der Waals surface area contributed by atoms with E-state index in [2.05, 4.69) is 20.5 Å². The maximum Gasteiger partial charge on any atom is 0.337 e. The summed E-state index contributed by atoms with van der Waals surface area (Å²) in [6.07, 6.45) is 2.64. The van der Waals surface area contributed by atoms with Gasteiger partial charge in [0.25, 0.3) is 5.91 Å². The lowest BCUT2D eigenvalue weighted by Gasteiger charge is -2.09. The molecule has 20 heavy (non-hydrogen) atoms. The van der Waals surface area contributed by atoms with Crippen molar-refractivity contribution in [1.82, 2.24) is 15.2 Å². The quantitative estimate of drug-likeness (QED) is 0.875. The number of carboxylic acid groups (broad SMARTS) is 1. The van der Waals surface area contributed by atoms with Crippen LogP contribution in [0.3, 0.4) is 0 Å². The first-order valence-corrected chi connectivity index (χ1v) is 5.78. The van der Waals surface area contributed by atoms with Crippen LogP contribution in [-0.4, -0.2) is 32.2 Å². The maximum atomic E-state index is 12.2. The third kappa shape index (κ3) is 2.77. The standard InChI is InChI=1S/C13H12N4O3/c1-7-5-10(8(2)17-16-7)12(18)15-11-6-14-4-3-9(11)13(19)20/h3-6H,1-2H3,(H,15,18)(H,19,20). The van der Waals surface area contributed by atoms with Crippen molar-refractivity contribution >= 4 is 17.6 Å². The van der Waals surface area contributed by atoms with Crippen molar-refractivity contribution in [3.8, 4) is 0 Å². The van der Waals surface area contributed by atoms with Gasteiger partial charge in [0.05, 0.1) is 34.4 Å². The van der Waals surface area contributed by atoms with Crippen LogP contribution in [0.25, 0.3) is 0 Å². The van der Waals surface area contributed by atoms with Gasteiger partial charge in [-0.25, -0.2) is 4.79 Å². The molecule has 0 aliphatic carbocycles. The van der Waals surface area contributed by atoms with E-state index in [1.54, 1.807) is 19.9 Å². The van der Waals surface area contributed by atoms with Gasteiger partial charge in [-0.3, -0.25) is 9.78 Å². The van der Waals surface area contributed by atoms with E-state index in [-0.39, 0.29) is 11.3 Å². The molecule has 0 aromatic carbocycles. The molecule has 0 fully saturated rings. The average molecular weight is 272 g/mol. The van der Waals surface area contributed by atoms with Gasteiger partial charge < -0.3 is 10.4 Å². The van der Waals surface area contributed by atoms with Crippen LogP contribution in [0, 0.1) is 13.8 Å². The molecule has 0 unspecified atom stereocenters. The fourth-order valence-electron chi connectivity index (χ4n) is 1.65. The summed E-state index contributed by atoms with van der Waals surface area (Å²) in [6, 6.07) is 2.91. The molecular weight excluding hydrogens is 260 g/mol. The minimum Gasteiger partial charge on any atom is -0.478 e. The first-order chi connectivity index (χ1) is 9.49. The van der Waals surface area contributed by atoms with Gasteiger partial charge in [-0.05, 0) is 26.0 Å². The fraction of sp³-hybridized carbons (Fsp3) is 0.154. The van der Waals surface area contributed by atoms with Crippen molar-refractivity contribution in [1.29, 1.82) is 0 Å². The highest BCUT2D eigenvalue weighted by Gasteiger charge is 2.15. The number of amides is 1. The van der Waals surface area contributed by atoms with E-state index in [0.29, 0.717) is 17.0 Å². The third-order valence-electron chi connectivity index (χ3n) is 2.65. The number of aromatic nitrogens is 3. The Hall–Kier alpha value is -2.83. The molecular formula is C13H12N4O3. The van der Waals surface area contributed by atoms with Crippen LogP contribution in [0.5, 0.6) is 0 Å². The van der Waals surface area contributed by atoms with E-state index in [4.69, 9.17) is 5.11 Å². The number of rotatable bonds is 3. The van der Waals surface area contributed by atoms with E-state index in [1.807, 2.05) is 0 Å². The highest BCUT2D eigenvalue weighted by atomic mass is 16.4. The molecule has 0 aliphatic rings. The van der Waals surface area contributed by atoms with Gasteiger partial charge in [0.15, 0.2) is 0 Å². The second-order valence-corrected chi connectivity index (χ2v) is 4.17. The number of carboxylic acids is 1. The van der Waals surface area contributed by atoms with E-state index >= 15 is 0 Å². The number of carbonyl (C=O) groups excluding carboxylic acids is 1. The molecule has 0 saturated heterocycles. The van der Waals surface area contributed by atoms with E-state index < -0.39 is 11.9 Å². The minimum atomic E-state index is -1.14. The highest BCUT2D eigenvalue weighted by Crippen LogP contribution is 2.15. The van der Waals surface area contributed by atoms with Crippen LogP contribution >= 0.6 is 0 Å². The Balaban J connectivity index is 2.33. The molecule has 7 heteroatoms. The van der Waals surface area contributed by atoms with Crippen LogP contribution in [0.15, 0.2) is 24.5 Å². The summed E-state index contributed by atoms with van der Waals surface area (Å²) in [6.45, 7) is 3.37. The van der Waals surface area contributed by atoms with Gasteiger partial charge >= 0.3 is 5.97 Å². The second kappa shape index (κ2) is 5.43. The van der Waals surface area contributed by atoms with Gasteiger partial charge in [0, 0.05) is 6.20 Å². The number of hydrogen-bond acceptors (Lipinski definition) is 5. The smallest absolute Gasteiger partial charge is 0.337 e. The topological polar surface area (TPSA) is 105 Å². The van der Waals surface area contributed by atoms with Crippen molar-refractivity contribution in [3.63, 3.8) is 0 Å². The molecule has 102 valence electrons. The molecule has 7 nitrogen and oxygen atoms in total. The molecule has 0 atom stereocenters. The lowest BCUT2D eigenvalue weighted by molar-refractivity contribution is 0.0698. The molecule has 2 heterocycles. The van der Waals surface area contributed by atoms with Crippen LogP contribution in [0.4, 0.5) is 5.69 Å². The normalized spacial score (nSPS) is 10.1. The summed E-state index contributed by atoms with van der Waals surface area (Å²) in [7, 11) is 0. The lowest BCUT2D eigenvalue weighted by atomic mass is 10.1. The van der Waals surface area contributed by atoms with E-state index in [1.165, 1.54) is 18.5 Å². The van der Waals surface area contributed by atoms with E-state index in [0.717, 1.165) is 0 Å². The van der Waals surface area contributed by atoms with Gasteiger partial charge in [0.1, 0.15) is 0 Å². The second-order valence-electron chi connectivity index (χ2n) is 4.17. The Morgan fingerprint density at radius 1 is 1.20 bits per heavy atom. The first-order valence-electron chi connectivity index (χ1n) is 5.78. The summed E-state index contributed by atoms with van der Waals surface area (Å²) in [5.41, 5.74) is 1.53. The van der Waals surface area contributed by atoms with Gasteiger partial charge in [-0.15, -0.1) is 0 Å². The van der Waals surface area contributed by atoms with Crippen LogP contribution in [-0.2, 0) is 0 Å². The molecule has 2 aromatic rings. The summed E-state index contributed by atoms with van der Waals surface area (Å²) >= 11 is 0. The van der Waals surface area contributed by atoms with Crippen LogP contribution < -0.4 is 5.32 Å². The molecule has 0 aliphatic heterocycles. The Bertz CT molecular complexity index is 685. The molecule has 0 spiro atoms. The molecule has 0 bridgehead atoms. The Kier molecular flexibility index (Phi) is 3.69. The summed E-state index contributed by atoms with van der Waals surface area (Å²) in [5, 5.41) is 19.3. The average Bonchev–Trinajstić information content (AvgIpc) is 2.41. The molecule has 0 saturated carbocycles. The predicted molar refractivity (Wildman–Crippen MR) is 70.7 cm³/mol. The third-order valence-corrected chi connectivity index (χ3v) is 2.65. The number of nitrogens with zero attached hydrogens (tertiary/aromatic N) is 3. The van der Waals surface area contributed by atoms with Gasteiger partial charge in [-0.2, -0.15) is 10.2 Å². The predicted octanol–water partition coefficient (Wildman–Crippen LogP) is 1.44. The van der Waals surface area contributed by atoms with Crippen molar-refractivity contribution in [2.24, 2.45) is 0 Å². The zero-order chi connectivity index (χ0) is 14.7. The number of carbonyl (C=O) groups is 2. The molecule has 2 aromatic heterocycles. The summed E-state index contributed by atoms with van der Waals surface area (Å²) < 4.78 is 0. The van der Waals surface area contributed by atoms with Crippen molar-refractivity contribution < 1.29 is 14.7 Å². The van der Waals surface area contributed by atoms with Crippen molar-refractivity contribution in [2.75, 3.05) is 5.32 Å². The molecule has 2 rings (SSSR count). The summed E-state index contributed by atoms with van der Waals surface area (Å²) in [4.78, 5) is 27.0. The number of hydrogen-bond donors (Lipinski definition) is 2. The first kappa shape index (κ1) is 13.6. The molecule has 1 amide bonds. The van der Waals surface area contributed by atoms with E-state index in [9.17, 15) is 9.59 Å². The number of aromatic carboxylic acids is 1. The summed E-state index contributed by atoms with van der Waals surface area (Å²) in [5.74, 6) is -1.58. The highest BCUT2D eigenvalue weighted by molar-refractivity contribution is 6.08. The zero-order valence-electron chi connectivity index (χ0n) is 10.9. The Morgan fingerprint density at radius 2 is 1.95 bits per heavy atom. The lowest BCUT2D eigenvalue weighted by Crippen LogP contribution is -2.17. The van der Waals surface area contributed by atoms with Gasteiger partial charge in [0.2, 0.25) is 0 Å². The SMILES string of the molecule is Cc1cc(C(=O)Nc2cnccc2C(=O)O)c(C)nn1. The number of pyridine rings is 1. The molecule has 2 N–H and O–H groups in total. The Labute approximate surface area is 114 Å². The monoisotopic (exact) mass is 272 g/mol. The fourth-order valence-corrected chi connectivity index (χ4v) is 1.65. The Morgan fingerprint density at radius 3 is 2.65 bits per heavy atom. The zero-order valence-corrected chi connectivity index (χ0v) is 10.9. The number of nitrogens with one attached hydrogen (secondary N) is 1. The number of aryl methyl sites for hydroxylation is 2. The van der Waals surface area contributed by atoms with Crippen molar-refractivity contribution in [2.45, 2.75) is 13.8 Å². The number of anilines is 1. The minimum absolute atomic E-state index is 0.0234. The van der Waals surface area contributed by atoms with Crippen LogP contribution in [0.2, 0.25) is 0 Å². The van der Waals surface area contributed by atoms with Crippen LogP contribution in [0.1, 0.15) is 32.1 Å². The maximum absolute atomic E-state index is 12.2.